The second-order valence-corrected chi connectivity index (χ2v) is 9.03. The van der Waals surface area contributed by atoms with Crippen molar-refractivity contribution in [1.82, 2.24) is 15.0 Å². The molecule has 0 bridgehead atoms. The SMILES string of the molecule is O=C(Nc1cnc(Oc2ccc(F)cc2F)cn1)C1CC12CCC(F)(F)[C@@H](c1ccc(=O)[nH]c1)C2. The summed E-state index contributed by atoms with van der Waals surface area (Å²) in [5, 5.41) is 2.64. The summed E-state index contributed by atoms with van der Waals surface area (Å²) >= 11 is 0. The van der Waals surface area contributed by atoms with Gasteiger partial charge in [-0.05, 0) is 42.4 Å². The lowest BCUT2D eigenvalue weighted by Crippen LogP contribution is -2.36. The summed E-state index contributed by atoms with van der Waals surface area (Å²) in [5.74, 6) is -6.63. The molecule has 1 amide bonds. The van der Waals surface area contributed by atoms with Crippen LogP contribution in [0.3, 0.4) is 0 Å². The van der Waals surface area contributed by atoms with Crippen LogP contribution in [-0.4, -0.2) is 26.8 Å². The maximum atomic E-state index is 14.7. The first kappa shape index (κ1) is 23.0. The van der Waals surface area contributed by atoms with E-state index < -0.39 is 34.8 Å². The van der Waals surface area contributed by atoms with E-state index in [0.29, 0.717) is 18.1 Å². The molecule has 5 rings (SSSR count). The predicted octanol–water partition coefficient (Wildman–Crippen LogP) is 4.78. The molecule has 0 radical (unpaired) electrons. The molecule has 182 valence electrons. The number of H-pyrrole nitrogens is 1. The number of carbonyl (C=O) groups excluding carboxylic acids is 1. The van der Waals surface area contributed by atoms with Crippen molar-refractivity contribution in [1.29, 1.82) is 0 Å². The average molecular weight is 488 g/mol. The minimum absolute atomic E-state index is 0.0605. The minimum Gasteiger partial charge on any atom is -0.434 e. The molecule has 0 aliphatic heterocycles. The molecule has 2 unspecified atom stereocenters. The first-order valence-electron chi connectivity index (χ1n) is 11.0. The van der Waals surface area contributed by atoms with E-state index in [2.05, 4.69) is 20.3 Å². The number of alkyl halides is 2. The Morgan fingerprint density at radius 3 is 2.60 bits per heavy atom. The average Bonchev–Trinajstić information content (AvgIpc) is 3.53. The Bertz CT molecular complexity index is 1310. The van der Waals surface area contributed by atoms with Crippen molar-refractivity contribution in [3.05, 3.63) is 76.5 Å². The predicted molar refractivity (Wildman–Crippen MR) is 116 cm³/mol. The van der Waals surface area contributed by atoms with Crippen molar-refractivity contribution in [3.8, 4) is 11.6 Å². The van der Waals surface area contributed by atoms with Crippen LogP contribution in [0.2, 0.25) is 0 Å². The van der Waals surface area contributed by atoms with Crippen LogP contribution in [0, 0.1) is 23.0 Å². The standard InChI is InChI=1S/C24H20F4N4O3/c25-14-2-3-18(17(26)7-14)35-21-12-29-19(11-31-21)32-22(34)16-9-23(16)5-6-24(27,28)15(8-23)13-1-4-20(33)30-10-13/h1-4,7,10-12,15-16H,5-6,8-9H2,(H,30,33)(H,29,32,34)/t15-,16?,23?/m1/s1. The Labute approximate surface area is 196 Å². The zero-order valence-corrected chi connectivity index (χ0v) is 18.2. The number of hydrogen-bond acceptors (Lipinski definition) is 5. The number of benzene rings is 1. The molecule has 2 N–H and O–H groups in total. The van der Waals surface area contributed by atoms with E-state index in [1.807, 2.05) is 0 Å². The highest BCUT2D eigenvalue weighted by atomic mass is 19.3. The highest BCUT2D eigenvalue weighted by Gasteiger charge is 2.64. The fraction of sp³-hybridized carbons (Fsp3) is 0.333. The number of rotatable bonds is 5. The summed E-state index contributed by atoms with van der Waals surface area (Å²) in [4.78, 5) is 34.6. The second-order valence-electron chi connectivity index (χ2n) is 9.03. The van der Waals surface area contributed by atoms with Crippen LogP contribution in [0.1, 0.15) is 37.2 Å². The van der Waals surface area contributed by atoms with Crippen molar-refractivity contribution < 1.29 is 27.1 Å². The van der Waals surface area contributed by atoms with E-state index in [0.717, 1.165) is 12.1 Å². The highest BCUT2D eigenvalue weighted by molar-refractivity contribution is 5.94. The van der Waals surface area contributed by atoms with Crippen LogP contribution >= 0.6 is 0 Å². The fourth-order valence-corrected chi connectivity index (χ4v) is 4.79. The van der Waals surface area contributed by atoms with Crippen molar-refractivity contribution in [2.24, 2.45) is 11.3 Å². The van der Waals surface area contributed by atoms with Crippen LogP contribution in [0.25, 0.3) is 0 Å². The summed E-state index contributed by atoms with van der Waals surface area (Å²) in [5.41, 5.74) is -0.561. The molecule has 2 heterocycles. The topological polar surface area (TPSA) is 97.0 Å². The molecule has 1 spiro atoms. The molecule has 11 heteroatoms. The third-order valence-electron chi connectivity index (χ3n) is 6.78. The molecule has 0 saturated heterocycles. The molecule has 3 atom stereocenters. The van der Waals surface area contributed by atoms with E-state index in [9.17, 15) is 27.2 Å². The third-order valence-corrected chi connectivity index (χ3v) is 6.78. The van der Waals surface area contributed by atoms with Gasteiger partial charge in [-0.15, -0.1) is 0 Å². The minimum atomic E-state index is -2.93. The van der Waals surface area contributed by atoms with E-state index in [1.54, 1.807) is 0 Å². The number of nitrogens with zero attached hydrogens (tertiary/aromatic N) is 2. The number of ether oxygens (including phenoxy) is 1. The van der Waals surface area contributed by atoms with Crippen LogP contribution in [0.15, 0.2) is 53.7 Å². The molecular weight excluding hydrogens is 468 g/mol. The first-order chi connectivity index (χ1) is 16.6. The molecule has 2 aromatic heterocycles. The lowest BCUT2D eigenvalue weighted by atomic mass is 9.72. The molecule has 2 saturated carbocycles. The van der Waals surface area contributed by atoms with Gasteiger partial charge in [0.15, 0.2) is 17.4 Å². The highest BCUT2D eigenvalue weighted by Crippen LogP contribution is 2.66. The molecule has 2 aliphatic carbocycles. The fourth-order valence-electron chi connectivity index (χ4n) is 4.79. The van der Waals surface area contributed by atoms with Crippen LogP contribution < -0.4 is 15.6 Å². The normalized spacial score (nSPS) is 24.7. The van der Waals surface area contributed by atoms with E-state index in [-0.39, 0.29) is 48.2 Å². The molecule has 3 aromatic rings. The molecule has 1 aromatic carbocycles. The molecule has 2 aliphatic rings. The number of halogens is 4. The van der Waals surface area contributed by atoms with Crippen molar-refractivity contribution in [3.63, 3.8) is 0 Å². The monoisotopic (exact) mass is 488 g/mol. The Kier molecular flexibility index (Phi) is 5.57. The number of amides is 1. The number of aromatic nitrogens is 3. The largest absolute Gasteiger partial charge is 0.434 e. The van der Waals surface area contributed by atoms with E-state index >= 15 is 0 Å². The molecule has 2 fully saturated rings. The van der Waals surface area contributed by atoms with Crippen LogP contribution in [0.5, 0.6) is 11.6 Å². The maximum Gasteiger partial charge on any atom is 0.255 e. The second kappa shape index (κ2) is 8.47. The Balaban J connectivity index is 1.23. The summed E-state index contributed by atoms with van der Waals surface area (Å²) in [6.45, 7) is 0. The Morgan fingerprint density at radius 2 is 1.91 bits per heavy atom. The molecule has 7 nitrogen and oxygen atoms in total. The van der Waals surface area contributed by atoms with Gasteiger partial charge >= 0.3 is 0 Å². The molecule has 35 heavy (non-hydrogen) atoms. The van der Waals surface area contributed by atoms with E-state index in [1.165, 1.54) is 30.7 Å². The number of nitrogens with one attached hydrogen (secondary N) is 2. The van der Waals surface area contributed by atoms with Crippen LogP contribution in [-0.2, 0) is 4.79 Å². The molecular formula is C24H20F4N4O3. The Morgan fingerprint density at radius 1 is 1.09 bits per heavy atom. The van der Waals surface area contributed by atoms with Gasteiger partial charge in [-0.2, -0.15) is 0 Å². The van der Waals surface area contributed by atoms with Gasteiger partial charge in [0, 0.05) is 36.6 Å². The van der Waals surface area contributed by atoms with Gasteiger partial charge in [0.2, 0.25) is 17.3 Å². The number of hydrogen-bond donors (Lipinski definition) is 2. The summed E-state index contributed by atoms with van der Waals surface area (Å²) in [6.07, 6.45) is 4.20. The number of anilines is 1. The third kappa shape index (κ3) is 4.62. The van der Waals surface area contributed by atoms with Crippen molar-refractivity contribution >= 4 is 11.7 Å². The zero-order chi connectivity index (χ0) is 24.8. The first-order valence-corrected chi connectivity index (χ1v) is 11.0. The smallest absolute Gasteiger partial charge is 0.255 e. The van der Waals surface area contributed by atoms with Gasteiger partial charge in [0.1, 0.15) is 5.82 Å². The summed E-state index contributed by atoms with van der Waals surface area (Å²) in [7, 11) is 0. The number of pyridine rings is 1. The van der Waals surface area contributed by atoms with Gasteiger partial charge in [-0.25, -0.2) is 27.5 Å². The lowest BCUT2D eigenvalue weighted by Gasteiger charge is -2.37. The lowest BCUT2D eigenvalue weighted by molar-refractivity contribution is -0.119. The van der Waals surface area contributed by atoms with Gasteiger partial charge < -0.3 is 15.0 Å². The maximum absolute atomic E-state index is 14.7. The van der Waals surface area contributed by atoms with E-state index in [4.69, 9.17) is 4.74 Å². The summed E-state index contributed by atoms with van der Waals surface area (Å²) in [6, 6.07) is 5.45. The summed E-state index contributed by atoms with van der Waals surface area (Å²) < 4.78 is 61.3. The zero-order valence-electron chi connectivity index (χ0n) is 18.2. The Hall–Kier alpha value is -3.76. The number of aromatic amines is 1. The van der Waals surface area contributed by atoms with Crippen molar-refractivity contribution in [2.45, 2.75) is 37.5 Å². The van der Waals surface area contributed by atoms with Gasteiger partial charge in [0.25, 0.3) is 5.92 Å². The van der Waals surface area contributed by atoms with Gasteiger partial charge in [-0.3, -0.25) is 9.59 Å². The van der Waals surface area contributed by atoms with Gasteiger partial charge in [-0.1, -0.05) is 6.07 Å². The van der Waals surface area contributed by atoms with Crippen LogP contribution in [0.4, 0.5) is 23.4 Å². The number of carbonyl (C=O) groups is 1. The van der Waals surface area contributed by atoms with Crippen molar-refractivity contribution in [2.75, 3.05) is 5.32 Å². The van der Waals surface area contributed by atoms with Gasteiger partial charge in [0.05, 0.1) is 12.4 Å². The quantitative estimate of drug-likeness (QED) is 0.504.